The number of nitrogens with zero attached hydrogens (tertiary/aromatic N) is 2. The molecule has 0 N–H and O–H groups in total. The number of hydrogen-bond acceptors (Lipinski definition) is 3. The van der Waals surface area contributed by atoms with Gasteiger partial charge in [-0.3, -0.25) is 0 Å². The zero-order valence-corrected chi connectivity index (χ0v) is 25.7. The van der Waals surface area contributed by atoms with Crippen molar-refractivity contribution in [1.82, 2.24) is 9.97 Å². The molecule has 218 valence electrons. The summed E-state index contributed by atoms with van der Waals surface area (Å²) in [5.74, 6) is 0.676. The van der Waals surface area contributed by atoms with Gasteiger partial charge in [-0.05, 0) is 46.0 Å². The lowest BCUT2D eigenvalue weighted by atomic mass is 9.82. The van der Waals surface area contributed by atoms with Crippen LogP contribution in [-0.2, 0) is 5.41 Å². The minimum absolute atomic E-state index is 0.0301. The lowest BCUT2D eigenvalue weighted by molar-refractivity contribution is 0.660. The number of benzene rings is 6. The molecule has 46 heavy (non-hydrogen) atoms. The molecule has 8 aromatic rings. The summed E-state index contributed by atoms with van der Waals surface area (Å²) in [6, 6.07) is 51.0. The van der Waals surface area contributed by atoms with E-state index < -0.39 is 0 Å². The van der Waals surface area contributed by atoms with Gasteiger partial charge < -0.3 is 4.42 Å². The molecular formula is C43H30N2O. The molecule has 0 atom stereocenters. The number of hydrogen-bond donors (Lipinski definition) is 0. The Kier molecular flexibility index (Phi) is 5.85. The Hall–Kier alpha value is -5.80. The predicted octanol–water partition coefficient (Wildman–Crippen LogP) is 11.4. The van der Waals surface area contributed by atoms with Crippen LogP contribution in [0, 0.1) is 0 Å². The summed E-state index contributed by atoms with van der Waals surface area (Å²) < 4.78 is 6.70. The highest BCUT2D eigenvalue weighted by Crippen LogP contribution is 2.50. The molecule has 1 aliphatic carbocycles. The van der Waals surface area contributed by atoms with E-state index in [2.05, 4.69) is 111 Å². The quantitative estimate of drug-likeness (QED) is 0.205. The van der Waals surface area contributed by atoms with Crippen molar-refractivity contribution in [3.05, 3.63) is 157 Å². The van der Waals surface area contributed by atoms with Crippen molar-refractivity contribution in [2.24, 2.45) is 0 Å². The monoisotopic (exact) mass is 590 g/mol. The topological polar surface area (TPSA) is 38.9 Å². The molecule has 0 aliphatic heterocycles. The van der Waals surface area contributed by atoms with Gasteiger partial charge >= 0.3 is 0 Å². The molecule has 6 aromatic carbocycles. The van der Waals surface area contributed by atoms with Crippen molar-refractivity contribution in [1.29, 1.82) is 0 Å². The summed E-state index contributed by atoms with van der Waals surface area (Å²) in [6.07, 6.45) is 0. The molecule has 0 fully saturated rings. The lowest BCUT2D eigenvalue weighted by Crippen LogP contribution is -2.14. The van der Waals surface area contributed by atoms with E-state index in [0.717, 1.165) is 61.1 Å². The van der Waals surface area contributed by atoms with E-state index in [0.29, 0.717) is 5.82 Å². The van der Waals surface area contributed by atoms with Crippen LogP contribution < -0.4 is 0 Å². The Bertz CT molecular complexity index is 2380. The van der Waals surface area contributed by atoms with Gasteiger partial charge in [-0.25, -0.2) is 9.97 Å². The maximum atomic E-state index is 6.70. The third-order valence-electron chi connectivity index (χ3n) is 9.52. The summed E-state index contributed by atoms with van der Waals surface area (Å²) in [5.41, 5.74) is 14.1. The first kappa shape index (κ1) is 26.6. The molecule has 0 bridgehead atoms. The first-order valence-electron chi connectivity index (χ1n) is 15.8. The second-order valence-electron chi connectivity index (χ2n) is 12.6. The van der Waals surface area contributed by atoms with Gasteiger partial charge in [-0.15, -0.1) is 0 Å². The van der Waals surface area contributed by atoms with Gasteiger partial charge in [0.2, 0.25) is 0 Å². The van der Waals surface area contributed by atoms with E-state index in [1.54, 1.807) is 0 Å². The van der Waals surface area contributed by atoms with Crippen LogP contribution in [-0.4, -0.2) is 9.97 Å². The molecule has 2 heterocycles. The Morgan fingerprint density at radius 1 is 0.478 bits per heavy atom. The maximum Gasteiger partial charge on any atom is 0.161 e. The molecular weight excluding hydrogens is 560 g/mol. The van der Waals surface area contributed by atoms with Crippen LogP contribution in [0.4, 0.5) is 0 Å². The summed E-state index contributed by atoms with van der Waals surface area (Å²) in [6.45, 7) is 4.63. The fraction of sp³-hybridized carbons (Fsp3) is 0.0698. The third-order valence-corrected chi connectivity index (χ3v) is 9.52. The normalized spacial score (nSPS) is 13.2. The van der Waals surface area contributed by atoms with Crippen LogP contribution in [0.5, 0.6) is 0 Å². The van der Waals surface area contributed by atoms with E-state index >= 15 is 0 Å². The first-order chi connectivity index (χ1) is 22.6. The standard InChI is InChI=1S/C43H30N2O/c1-43(2)35-21-10-9-17-31(35)34-25-29(23-24-36(34)43)30-18-11-19-32-40-33(20-12-22-39(40)46-41(30)32)42-44-37(27-13-5-3-6-14-27)26-38(45-42)28-15-7-4-8-16-28/h3-26H,1-2H3. The van der Waals surface area contributed by atoms with E-state index in [1.807, 2.05) is 48.5 Å². The SMILES string of the molecule is CC1(C)c2ccccc2-c2cc(-c3cccc4c3oc3cccc(-c5nc(-c6ccccc6)cc(-c6ccccc6)n5)c34)ccc21. The van der Waals surface area contributed by atoms with E-state index in [4.69, 9.17) is 14.4 Å². The summed E-state index contributed by atoms with van der Waals surface area (Å²) in [7, 11) is 0. The molecule has 3 nitrogen and oxygen atoms in total. The van der Waals surface area contributed by atoms with Crippen molar-refractivity contribution in [3.8, 4) is 56.2 Å². The van der Waals surface area contributed by atoms with E-state index in [9.17, 15) is 0 Å². The van der Waals surface area contributed by atoms with Crippen molar-refractivity contribution < 1.29 is 4.42 Å². The highest BCUT2D eigenvalue weighted by molar-refractivity contribution is 6.15. The summed E-state index contributed by atoms with van der Waals surface area (Å²) in [4.78, 5) is 10.3. The second-order valence-corrected chi connectivity index (χ2v) is 12.6. The average molecular weight is 591 g/mol. The molecule has 2 aromatic heterocycles. The molecule has 0 radical (unpaired) electrons. The van der Waals surface area contributed by atoms with Gasteiger partial charge in [0.25, 0.3) is 0 Å². The molecule has 0 saturated heterocycles. The zero-order chi connectivity index (χ0) is 30.8. The fourth-order valence-electron chi connectivity index (χ4n) is 7.23. The first-order valence-corrected chi connectivity index (χ1v) is 15.8. The van der Waals surface area contributed by atoms with Crippen molar-refractivity contribution in [3.63, 3.8) is 0 Å². The number of fused-ring (bicyclic) bond motifs is 6. The summed E-state index contributed by atoms with van der Waals surface area (Å²) >= 11 is 0. The molecule has 9 rings (SSSR count). The van der Waals surface area contributed by atoms with Gasteiger partial charge in [-0.2, -0.15) is 0 Å². The van der Waals surface area contributed by atoms with Gasteiger partial charge in [0.05, 0.1) is 11.4 Å². The Morgan fingerprint density at radius 3 is 1.83 bits per heavy atom. The minimum atomic E-state index is -0.0301. The molecule has 3 heteroatoms. The van der Waals surface area contributed by atoms with E-state index in [-0.39, 0.29) is 5.41 Å². The van der Waals surface area contributed by atoms with Gasteiger partial charge in [0, 0.05) is 38.4 Å². The average Bonchev–Trinajstić information content (AvgIpc) is 3.61. The largest absolute Gasteiger partial charge is 0.455 e. The van der Waals surface area contributed by atoms with Gasteiger partial charge in [0.15, 0.2) is 5.82 Å². The number of aromatic nitrogens is 2. The summed E-state index contributed by atoms with van der Waals surface area (Å²) in [5, 5.41) is 2.08. The van der Waals surface area contributed by atoms with Crippen molar-refractivity contribution in [2.45, 2.75) is 19.3 Å². The van der Waals surface area contributed by atoms with Crippen LogP contribution in [0.25, 0.3) is 78.1 Å². The Morgan fingerprint density at radius 2 is 1.09 bits per heavy atom. The third kappa shape index (κ3) is 4.05. The highest BCUT2D eigenvalue weighted by Gasteiger charge is 2.35. The molecule has 1 aliphatic rings. The van der Waals surface area contributed by atoms with Gasteiger partial charge in [0.1, 0.15) is 11.2 Å². The Labute approximate surface area is 267 Å². The highest BCUT2D eigenvalue weighted by atomic mass is 16.3. The van der Waals surface area contributed by atoms with Crippen LogP contribution >= 0.6 is 0 Å². The van der Waals surface area contributed by atoms with Crippen LogP contribution in [0.15, 0.2) is 150 Å². The second kappa shape index (κ2) is 10.1. The smallest absolute Gasteiger partial charge is 0.161 e. The number of furan rings is 1. The lowest BCUT2D eigenvalue weighted by Gasteiger charge is -2.21. The molecule has 0 saturated carbocycles. The molecule has 0 spiro atoms. The van der Waals surface area contributed by atoms with Gasteiger partial charge in [-0.1, -0.05) is 141 Å². The van der Waals surface area contributed by atoms with Crippen molar-refractivity contribution >= 4 is 21.9 Å². The number of rotatable bonds is 4. The predicted molar refractivity (Wildman–Crippen MR) is 189 cm³/mol. The maximum absolute atomic E-state index is 6.70. The van der Waals surface area contributed by atoms with Crippen LogP contribution in [0.1, 0.15) is 25.0 Å². The fourth-order valence-corrected chi connectivity index (χ4v) is 7.23. The van der Waals surface area contributed by atoms with Crippen LogP contribution in [0.2, 0.25) is 0 Å². The van der Waals surface area contributed by atoms with Crippen LogP contribution in [0.3, 0.4) is 0 Å². The molecule has 0 amide bonds. The molecule has 0 unspecified atom stereocenters. The van der Waals surface area contributed by atoms with Crippen molar-refractivity contribution in [2.75, 3.05) is 0 Å². The Balaban J connectivity index is 1.25. The zero-order valence-electron chi connectivity index (χ0n) is 25.7. The minimum Gasteiger partial charge on any atom is -0.455 e. The van der Waals surface area contributed by atoms with E-state index in [1.165, 1.54) is 22.3 Å². The number of para-hydroxylation sites is 1.